The van der Waals surface area contributed by atoms with Crippen molar-refractivity contribution in [2.24, 2.45) is 0 Å². The number of hydrogen-bond donors (Lipinski definition) is 1. The second-order valence-corrected chi connectivity index (χ2v) is 4.83. The van der Waals surface area contributed by atoms with Crippen molar-refractivity contribution in [2.45, 2.75) is 6.61 Å². The Kier molecular flexibility index (Phi) is 3.68. The predicted octanol–water partition coefficient (Wildman–Crippen LogP) is 3.22. The minimum absolute atomic E-state index is 0.235. The van der Waals surface area contributed by atoms with Gasteiger partial charge >= 0.3 is 0 Å². The Morgan fingerprint density at radius 3 is 2.57 bits per heavy atom. The van der Waals surface area contributed by atoms with Crippen LogP contribution in [0.2, 0.25) is 5.02 Å². The van der Waals surface area contributed by atoms with Crippen LogP contribution in [-0.2, 0) is 6.61 Å². The molecule has 3 aromatic rings. The van der Waals surface area contributed by atoms with Gasteiger partial charge in [-0.3, -0.25) is 4.57 Å². The Bertz CT molecular complexity index is 774. The molecule has 1 N–H and O–H groups in total. The molecule has 0 aliphatic rings. The molecule has 0 amide bonds. The van der Waals surface area contributed by atoms with Crippen molar-refractivity contribution >= 4 is 11.6 Å². The Balaban J connectivity index is 2.25. The van der Waals surface area contributed by atoms with Gasteiger partial charge in [0, 0.05) is 10.7 Å². The second-order valence-electron chi connectivity index (χ2n) is 4.39. The minimum atomic E-state index is -0.450. The van der Waals surface area contributed by atoms with Crippen LogP contribution in [0.15, 0.2) is 48.5 Å². The van der Waals surface area contributed by atoms with Crippen LogP contribution < -0.4 is 0 Å². The van der Waals surface area contributed by atoms with Crippen molar-refractivity contribution in [3.05, 3.63) is 65.2 Å². The van der Waals surface area contributed by atoms with Gasteiger partial charge in [0.1, 0.15) is 12.4 Å². The predicted molar refractivity (Wildman–Crippen MR) is 77.7 cm³/mol. The summed E-state index contributed by atoms with van der Waals surface area (Å²) in [6.45, 7) is -0.302. The highest BCUT2D eigenvalue weighted by Crippen LogP contribution is 2.27. The largest absolute Gasteiger partial charge is 0.388 e. The summed E-state index contributed by atoms with van der Waals surface area (Å²) in [5, 5.41) is 17.7. The van der Waals surface area contributed by atoms with E-state index in [9.17, 15) is 9.50 Å². The maximum Gasteiger partial charge on any atom is 0.171 e. The third kappa shape index (κ3) is 2.53. The highest BCUT2D eigenvalue weighted by molar-refractivity contribution is 6.30. The van der Waals surface area contributed by atoms with Crippen molar-refractivity contribution in [3.63, 3.8) is 0 Å². The molecule has 4 nitrogen and oxygen atoms in total. The summed E-state index contributed by atoms with van der Waals surface area (Å²) in [5.74, 6) is 0.175. The number of rotatable bonds is 3. The summed E-state index contributed by atoms with van der Waals surface area (Å²) in [5.41, 5.74) is 0.972. The molecule has 0 aliphatic carbocycles. The quantitative estimate of drug-likeness (QED) is 0.808. The van der Waals surface area contributed by atoms with E-state index in [2.05, 4.69) is 10.2 Å². The van der Waals surface area contributed by atoms with Crippen molar-refractivity contribution in [1.82, 2.24) is 14.8 Å². The average Bonchev–Trinajstić information content (AvgIpc) is 2.94. The molecule has 0 saturated heterocycles. The zero-order chi connectivity index (χ0) is 14.8. The molecule has 21 heavy (non-hydrogen) atoms. The topological polar surface area (TPSA) is 50.9 Å². The Morgan fingerprint density at radius 1 is 1.10 bits per heavy atom. The van der Waals surface area contributed by atoms with Crippen LogP contribution in [0.25, 0.3) is 17.1 Å². The molecule has 3 rings (SSSR count). The van der Waals surface area contributed by atoms with Gasteiger partial charge in [-0.1, -0.05) is 29.8 Å². The van der Waals surface area contributed by atoms with Crippen molar-refractivity contribution in [1.29, 1.82) is 0 Å². The maximum absolute atomic E-state index is 14.1. The number of halogens is 2. The van der Waals surface area contributed by atoms with Gasteiger partial charge in [0.2, 0.25) is 0 Å². The Morgan fingerprint density at radius 2 is 1.86 bits per heavy atom. The van der Waals surface area contributed by atoms with Crippen LogP contribution in [0.5, 0.6) is 0 Å². The van der Waals surface area contributed by atoms with E-state index in [0.29, 0.717) is 16.7 Å². The number of aliphatic hydroxyl groups excluding tert-OH is 1. The first kappa shape index (κ1) is 13.7. The summed E-state index contributed by atoms with van der Waals surface area (Å²) < 4.78 is 15.7. The third-order valence-electron chi connectivity index (χ3n) is 3.06. The van der Waals surface area contributed by atoms with Gasteiger partial charge in [-0.05, 0) is 30.3 Å². The molecular weight excluding hydrogens is 293 g/mol. The van der Waals surface area contributed by atoms with E-state index in [1.54, 1.807) is 4.57 Å². The molecule has 0 radical (unpaired) electrons. The monoisotopic (exact) mass is 303 g/mol. The van der Waals surface area contributed by atoms with Gasteiger partial charge in [-0.25, -0.2) is 4.39 Å². The van der Waals surface area contributed by atoms with Crippen LogP contribution in [0.1, 0.15) is 5.82 Å². The summed E-state index contributed by atoms with van der Waals surface area (Å²) in [6.07, 6.45) is 0. The highest BCUT2D eigenvalue weighted by Gasteiger charge is 2.18. The molecule has 0 spiro atoms. The molecule has 0 aliphatic heterocycles. The smallest absolute Gasteiger partial charge is 0.171 e. The van der Waals surface area contributed by atoms with E-state index in [-0.39, 0.29) is 12.2 Å². The third-order valence-corrected chi connectivity index (χ3v) is 3.29. The zero-order valence-electron chi connectivity index (χ0n) is 10.9. The first-order valence-electron chi connectivity index (χ1n) is 6.26. The van der Waals surface area contributed by atoms with E-state index in [4.69, 9.17) is 11.6 Å². The van der Waals surface area contributed by atoms with Gasteiger partial charge in [0.05, 0.1) is 5.56 Å². The number of para-hydroxylation sites is 1. The molecular formula is C15H11ClFN3O. The lowest BCUT2D eigenvalue weighted by atomic mass is 10.2. The number of aromatic nitrogens is 3. The molecule has 0 unspecified atom stereocenters. The molecule has 106 valence electrons. The van der Waals surface area contributed by atoms with Crippen molar-refractivity contribution in [3.8, 4) is 17.1 Å². The summed E-state index contributed by atoms with van der Waals surface area (Å²) in [4.78, 5) is 0. The van der Waals surface area contributed by atoms with Gasteiger partial charge in [0.15, 0.2) is 11.6 Å². The fourth-order valence-electron chi connectivity index (χ4n) is 2.11. The Labute approximate surface area is 125 Å². The summed E-state index contributed by atoms with van der Waals surface area (Å²) >= 11 is 5.93. The van der Waals surface area contributed by atoms with Crippen LogP contribution >= 0.6 is 11.6 Å². The maximum atomic E-state index is 14.1. The SMILES string of the molecule is OCc1nnc(-c2cc(Cl)ccc2F)n1-c1ccccc1. The number of nitrogens with zero attached hydrogens (tertiary/aromatic N) is 3. The van der Waals surface area contributed by atoms with Gasteiger partial charge in [0.25, 0.3) is 0 Å². The van der Waals surface area contributed by atoms with Crippen molar-refractivity contribution < 1.29 is 9.50 Å². The number of benzene rings is 2. The number of aliphatic hydroxyl groups is 1. The molecule has 2 aromatic carbocycles. The summed E-state index contributed by atoms with van der Waals surface area (Å²) in [6, 6.07) is 13.4. The molecule has 6 heteroatoms. The first-order chi connectivity index (χ1) is 10.2. The average molecular weight is 304 g/mol. The van der Waals surface area contributed by atoms with E-state index in [1.165, 1.54) is 18.2 Å². The highest BCUT2D eigenvalue weighted by atomic mass is 35.5. The van der Waals surface area contributed by atoms with E-state index in [0.717, 1.165) is 5.69 Å². The van der Waals surface area contributed by atoms with Crippen LogP contribution in [0.3, 0.4) is 0 Å². The zero-order valence-corrected chi connectivity index (χ0v) is 11.6. The van der Waals surface area contributed by atoms with E-state index < -0.39 is 5.82 Å². The van der Waals surface area contributed by atoms with E-state index in [1.807, 2.05) is 30.3 Å². The molecule has 1 aromatic heterocycles. The Hall–Kier alpha value is -2.24. The first-order valence-corrected chi connectivity index (χ1v) is 6.64. The van der Waals surface area contributed by atoms with Crippen molar-refractivity contribution in [2.75, 3.05) is 0 Å². The lowest BCUT2D eigenvalue weighted by Crippen LogP contribution is -2.03. The van der Waals surface area contributed by atoms with Crippen LogP contribution in [0.4, 0.5) is 4.39 Å². The fourth-order valence-corrected chi connectivity index (χ4v) is 2.28. The summed E-state index contributed by atoms with van der Waals surface area (Å²) in [7, 11) is 0. The lowest BCUT2D eigenvalue weighted by Gasteiger charge is -2.10. The molecule has 0 saturated carbocycles. The van der Waals surface area contributed by atoms with Crippen LogP contribution in [0, 0.1) is 5.82 Å². The molecule has 0 atom stereocenters. The number of hydrogen-bond acceptors (Lipinski definition) is 3. The fraction of sp³-hybridized carbons (Fsp3) is 0.0667. The van der Waals surface area contributed by atoms with E-state index >= 15 is 0 Å². The van der Waals surface area contributed by atoms with Gasteiger partial charge in [-0.15, -0.1) is 10.2 Å². The van der Waals surface area contributed by atoms with Gasteiger partial charge in [-0.2, -0.15) is 0 Å². The molecule has 1 heterocycles. The molecule has 0 bridgehead atoms. The standard InChI is InChI=1S/C15H11ClFN3O/c16-10-6-7-13(17)12(8-10)15-19-18-14(9-21)20(15)11-4-2-1-3-5-11/h1-8,21H,9H2. The normalized spacial score (nSPS) is 10.8. The molecule has 0 fully saturated rings. The minimum Gasteiger partial charge on any atom is -0.388 e. The second kappa shape index (κ2) is 5.63. The van der Waals surface area contributed by atoms with Gasteiger partial charge < -0.3 is 5.11 Å². The lowest BCUT2D eigenvalue weighted by molar-refractivity contribution is 0.269. The van der Waals surface area contributed by atoms with Crippen LogP contribution in [-0.4, -0.2) is 19.9 Å².